The number of benzene rings is 2. The van der Waals surface area contributed by atoms with Gasteiger partial charge in [0, 0.05) is 37.4 Å². The van der Waals surface area contributed by atoms with Crippen LogP contribution in [0.15, 0.2) is 47.5 Å². The summed E-state index contributed by atoms with van der Waals surface area (Å²) in [5, 5.41) is 0.677. The molecule has 118 valence electrons. The highest BCUT2D eigenvalue weighted by Crippen LogP contribution is 2.21. The van der Waals surface area contributed by atoms with Crippen molar-refractivity contribution in [2.24, 2.45) is 12.0 Å². The van der Waals surface area contributed by atoms with Crippen LogP contribution in [0.4, 0.5) is 5.69 Å². The van der Waals surface area contributed by atoms with Crippen molar-refractivity contribution in [3.05, 3.63) is 57.9 Å². The molecule has 0 saturated carbocycles. The zero-order chi connectivity index (χ0) is 16.6. The van der Waals surface area contributed by atoms with Crippen LogP contribution in [0.2, 0.25) is 5.02 Å². The molecule has 4 nitrogen and oxygen atoms in total. The van der Waals surface area contributed by atoms with E-state index in [1.807, 2.05) is 60.9 Å². The van der Waals surface area contributed by atoms with Crippen LogP contribution in [0.5, 0.6) is 0 Å². The standard InChI is InChI=1S/C17H16ClN3OS/c1-20(2)13-7-4-11(5-8-13)16(22)19-17-21(3)14-9-6-12(18)10-15(14)23-17/h4-10H,1-3H3. The number of carbonyl (C=O) groups is 1. The predicted octanol–water partition coefficient (Wildman–Crippen LogP) is 3.70. The third-order valence-electron chi connectivity index (χ3n) is 3.60. The Hall–Kier alpha value is -2.11. The Morgan fingerprint density at radius 3 is 2.52 bits per heavy atom. The number of anilines is 1. The molecule has 2 aromatic carbocycles. The summed E-state index contributed by atoms with van der Waals surface area (Å²) in [4.78, 5) is 19.3. The van der Waals surface area contributed by atoms with E-state index in [2.05, 4.69) is 4.99 Å². The van der Waals surface area contributed by atoms with Crippen molar-refractivity contribution in [1.29, 1.82) is 0 Å². The molecule has 1 amide bonds. The van der Waals surface area contributed by atoms with Crippen LogP contribution in [-0.4, -0.2) is 24.6 Å². The number of hydrogen-bond donors (Lipinski definition) is 0. The third-order valence-corrected chi connectivity index (χ3v) is 4.93. The molecule has 0 atom stereocenters. The van der Waals surface area contributed by atoms with E-state index in [1.165, 1.54) is 11.3 Å². The lowest BCUT2D eigenvalue weighted by Crippen LogP contribution is -2.13. The van der Waals surface area contributed by atoms with E-state index < -0.39 is 0 Å². The van der Waals surface area contributed by atoms with E-state index in [9.17, 15) is 4.79 Å². The molecule has 1 heterocycles. The number of thiazole rings is 1. The van der Waals surface area contributed by atoms with Crippen LogP contribution in [0.1, 0.15) is 10.4 Å². The fourth-order valence-corrected chi connectivity index (χ4v) is 3.56. The van der Waals surface area contributed by atoms with E-state index in [1.54, 1.807) is 12.1 Å². The molecule has 1 aromatic heterocycles. The average Bonchev–Trinajstić information content (AvgIpc) is 2.82. The Morgan fingerprint density at radius 1 is 1.17 bits per heavy atom. The third kappa shape index (κ3) is 3.16. The molecule has 0 radical (unpaired) electrons. The van der Waals surface area contributed by atoms with Crippen LogP contribution >= 0.6 is 22.9 Å². The van der Waals surface area contributed by atoms with Crippen LogP contribution in [0, 0.1) is 0 Å². The molecular formula is C17H16ClN3OS. The minimum Gasteiger partial charge on any atom is -0.378 e. The molecular weight excluding hydrogens is 330 g/mol. The zero-order valence-electron chi connectivity index (χ0n) is 13.1. The predicted molar refractivity (Wildman–Crippen MR) is 96.5 cm³/mol. The van der Waals surface area contributed by atoms with Crippen LogP contribution in [0.3, 0.4) is 0 Å². The van der Waals surface area contributed by atoms with Crippen molar-refractivity contribution >= 4 is 44.7 Å². The van der Waals surface area contributed by atoms with Crippen molar-refractivity contribution in [3.63, 3.8) is 0 Å². The van der Waals surface area contributed by atoms with Gasteiger partial charge in [-0.15, -0.1) is 0 Å². The molecule has 0 spiro atoms. The molecule has 3 rings (SSSR count). The number of aromatic nitrogens is 1. The first-order valence-corrected chi connectivity index (χ1v) is 8.26. The Labute approximate surface area is 143 Å². The molecule has 3 aromatic rings. The number of carbonyl (C=O) groups excluding carboxylic acids is 1. The van der Waals surface area contributed by atoms with Crippen LogP contribution < -0.4 is 9.70 Å². The van der Waals surface area contributed by atoms with Gasteiger partial charge in [0.1, 0.15) is 0 Å². The Bertz CT molecular complexity index is 939. The Morgan fingerprint density at radius 2 is 1.87 bits per heavy atom. The van der Waals surface area contributed by atoms with Gasteiger partial charge in [-0.3, -0.25) is 4.79 Å². The number of amides is 1. The molecule has 0 aliphatic carbocycles. The number of nitrogens with zero attached hydrogens (tertiary/aromatic N) is 3. The van der Waals surface area contributed by atoms with Gasteiger partial charge < -0.3 is 9.47 Å². The first kappa shape index (κ1) is 15.8. The summed E-state index contributed by atoms with van der Waals surface area (Å²) in [5.41, 5.74) is 2.63. The first-order chi connectivity index (χ1) is 11.0. The number of fused-ring (bicyclic) bond motifs is 1. The SMILES string of the molecule is CN(C)c1ccc(C(=O)N=c2sc3cc(Cl)ccc3n2C)cc1. The largest absolute Gasteiger partial charge is 0.378 e. The minimum atomic E-state index is -0.247. The quantitative estimate of drug-likeness (QED) is 0.710. The molecule has 0 bridgehead atoms. The van der Waals surface area contributed by atoms with Crippen molar-refractivity contribution in [1.82, 2.24) is 4.57 Å². The van der Waals surface area contributed by atoms with Crippen molar-refractivity contribution < 1.29 is 4.79 Å². The first-order valence-electron chi connectivity index (χ1n) is 7.07. The average molecular weight is 346 g/mol. The second-order valence-corrected chi connectivity index (χ2v) is 6.86. The molecule has 0 N–H and O–H groups in total. The monoisotopic (exact) mass is 345 g/mol. The summed E-state index contributed by atoms with van der Waals surface area (Å²) in [6.45, 7) is 0. The molecule has 0 aliphatic rings. The summed E-state index contributed by atoms with van der Waals surface area (Å²) < 4.78 is 2.91. The van der Waals surface area contributed by atoms with Crippen molar-refractivity contribution in [2.75, 3.05) is 19.0 Å². The van der Waals surface area contributed by atoms with Gasteiger partial charge in [0.25, 0.3) is 5.91 Å². The topological polar surface area (TPSA) is 37.6 Å². The second-order valence-electron chi connectivity index (χ2n) is 5.41. The summed E-state index contributed by atoms with van der Waals surface area (Å²) in [5.74, 6) is -0.247. The fraction of sp³-hybridized carbons (Fsp3) is 0.176. The van der Waals surface area contributed by atoms with Gasteiger partial charge in [-0.2, -0.15) is 4.99 Å². The highest BCUT2D eigenvalue weighted by Gasteiger charge is 2.08. The van der Waals surface area contributed by atoms with E-state index in [4.69, 9.17) is 11.6 Å². The van der Waals surface area contributed by atoms with Crippen LogP contribution in [-0.2, 0) is 7.05 Å². The van der Waals surface area contributed by atoms with Crippen LogP contribution in [0.25, 0.3) is 10.2 Å². The molecule has 0 unspecified atom stereocenters. The van der Waals surface area contributed by atoms with E-state index in [-0.39, 0.29) is 5.91 Å². The molecule has 23 heavy (non-hydrogen) atoms. The van der Waals surface area contributed by atoms with Gasteiger partial charge in [-0.05, 0) is 42.5 Å². The van der Waals surface area contributed by atoms with Gasteiger partial charge >= 0.3 is 0 Å². The smallest absolute Gasteiger partial charge is 0.279 e. The summed E-state index contributed by atoms with van der Waals surface area (Å²) in [7, 11) is 5.82. The summed E-state index contributed by atoms with van der Waals surface area (Å²) in [6, 6.07) is 13.1. The number of rotatable bonds is 2. The second kappa shape index (κ2) is 6.18. The van der Waals surface area contributed by atoms with Crippen molar-refractivity contribution in [2.45, 2.75) is 0 Å². The lowest BCUT2D eigenvalue weighted by atomic mass is 10.2. The normalized spacial score (nSPS) is 11.9. The number of halogens is 1. The minimum absolute atomic E-state index is 0.247. The summed E-state index contributed by atoms with van der Waals surface area (Å²) >= 11 is 7.47. The maximum Gasteiger partial charge on any atom is 0.279 e. The molecule has 0 fully saturated rings. The fourth-order valence-electron chi connectivity index (χ4n) is 2.27. The lowest BCUT2D eigenvalue weighted by Gasteiger charge is -2.11. The van der Waals surface area contributed by atoms with E-state index in [0.29, 0.717) is 15.4 Å². The molecule has 6 heteroatoms. The van der Waals surface area contributed by atoms with Gasteiger partial charge in [0.15, 0.2) is 4.80 Å². The maximum atomic E-state index is 12.4. The Balaban J connectivity index is 2.00. The maximum absolute atomic E-state index is 12.4. The number of aryl methyl sites for hydroxylation is 1. The highest BCUT2D eigenvalue weighted by atomic mass is 35.5. The lowest BCUT2D eigenvalue weighted by molar-refractivity contribution is 0.0998. The molecule has 0 saturated heterocycles. The highest BCUT2D eigenvalue weighted by molar-refractivity contribution is 7.16. The summed E-state index contributed by atoms with van der Waals surface area (Å²) in [6.07, 6.45) is 0. The van der Waals surface area contributed by atoms with Gasteiger partial charge in [0.2, 0.25) is 0 Å². The number of hydrogen-bond acceptors (Lipinski definition) is 3. The van der Waals surface area contributed by atoms with E-state index in [0.717, 1.165) is 15.9 Å². The Kier molecular flexibility index (Phi) is 4.24. The van der Waals surface area contributed by atoms with Gasteiger partial charge in [-0.1, -0.05) is 22.9 Å². The van der Waals surface area contributed by atoms with Crippen molar-refractivity contribution in [3.8, 4) is 0 Å². The van der Waals surface area contributed by atoms with Gasteiger partial charge in [-0.25, -0.2) is 0 Å². The van der Waals surface area contributed by atoms with E-state index >= 15 is 0 Å². The zero-order valence-corrected chi connectivity index (χ0v) is 14.6. The van der Waals surface area contributed by atoms with Gasteiger partial charge in [0.05, 0.1) is 10.2 Å². The molecule has 0 aliphatic heterocycles.